The second kappa shape index (κ2) is 22.7. The van der Waals surface area contributed by atoms with E-state index in [2.05, 4.69) is 72.0 Å². The normalized spacial score (nSPS) is 10.6. The summed E-state index contributed by atoms with van der Waals surface area (Å²) in [4.78, 5) is 0. The summed E-state index contributed by atoms with van der Waals surface area (Å²) < 4.78 is 16.1. The molecule has 0 saturated heterocycles. The average Bonchev–Trinajstić information content (AvgIpc) is 2.84. The number of pyridine rings is 2. The molecule has 2 aromatic heterocycles. The quantitative estimate of drug-likeness (QED) is 0.107. The van der Waals surface area contributed by atoms with Gasteiger partial charge in [0.1, 0.15) is 19.9 Å². The number of aromatic nitrogens is 2. The van der Waals surface area contributed by atoms with Crippen LogP contribution in [0.1, 0.15) is 117 Å². The van der Waals surface area contributed by atoms with Gasteiger partial charge in [0.2, 0.25) is 0 Å². The maximum atomic E-state index is 5.77. The van der Waals surface area contributed by atoms with E-state index < -0.39 is 0 Å². The topological polar surface area (TPSA) is 26.2 Å². The Bertz CT molecular complexity index is 674. The van der Waals surface area contributed by atoms with Crippen LogP contribution in [0, 0.1) is 0 Å². The van der Waals surface area contributed by atoms with Gasteiger partial charge in [0.05, 0.1) is 13.2 Å². The Morgan fingerprint density at radius 1 is 0.571 bits per heavy atom. The van der Waals surface area contributed by atoms with Crippen molar-refractivity contribution in [1.82, 2.24) is 0 Å². The number of nitrogens with zero attached hydrogens (tertiary/aromatic N) is 2. The Labute approximate surface area is 217 Å². The molecule has 0 amide bonds. The van der Waals surface area contributed by atoms with E-state index in [1.165, 1.54) is 88.2 Å². The molecule has 0 fully saturated rings. The lowest BCUT2D eigenvalue weighted by Crippen LogP contribution is -2.33. The van der Waals surface area contributed by atoms with E-state index in [0.29, 0.717) is 20.0 Å². The molecule has 0 aliphatic carbocycles. The van der Waals surface area contributed by atoms with Gasteiger partial charge >= 0.3 is 0 Å². The van der Waals surface area contributed by atoms with Gasteiger partial charge in [-0.1, -0.05) is 80.1 Å². The minimum Gasteiger partial charge on any atom is -0.350 e. The Hall–Kier alpha value is -1.78. The first kappa shape index (κ1) is 33.2. The zero-order chi connectivity index (χ0) is 23.4. The van der Waals surface area contributed by atoms with Crippen LogP contribution in [0.25, 0.3) is 0 Å². The van der Waals surface area contributed by atoms with E-state index in [1.807, 2.05) is 0 Å². The summed E-state index contributed by atoms with van der Waals surface area (Å²) >= 11 is 0. The lowest BCUT2D eigenvalue weighted by atomic mass is 10.1. The summed E-state index contributed by atoms with van der Waals surface area (Å²) in [6, 6.07) is 8.48. The van der Waals surface area contributed by atoms with Crippen LogP contribution in [-0.2, 0) is 35.8 Å². The van der Waals surface area contributed by atoms with Crippen LogP contribution in [0.3, 0.4) is 0 Å². The first-order chi connectivity index (χ1) is 16.3. The van der Waals surface area contributed by atoms with Crippen molar-refractivity contribution in [3.8, 4) is 0 Å². The number of aryl methyl sites for hydroxylation is 2. The average molecular weight is 489 g/mol. The number of rotatable bonds is 20. The fourth-order valence-electron chi connectivity index (χ4n) is 4.13. The zero-order valence-electron chi connectivity index (χ0n) is 21.4. The molecule has 0 saturated carbocycles. The van der Waals surface area contributed by atoms with Crippen LogP contribution in [0.15, 0.2) is 49.1 Å². The molecule has 2 aromatic rings. The van der Waals surface area contributed by atoms with E-state index in [4.69, 9.17) is 9.47 Å². The zero-order valence-corrected chi connectivity index (χ0v) is 21.4. The molecule has 0 unspecified atom stereocenters. The van der Waals surface area contributed by atoms with Crippen LogP contribution in [0.4, 0.5) is 0 Å². The van der Waals surface area contributed by atoms with Gasteiger partial charge in [-0.25, -0.2) is 9.13 Å². The van der Waals surface area contributed by atoms with Gasteiger partial charge in [0.15, 0.2) is 24.8 Å². The summed E-state index contributed by atoms with van der Waals surface area (Å²) in [7, 11) is 0. The van der Waals surface area contributed by atoms with Crippen LogP contribution in [0.5, 0.6) is 0 Å². The first-order valence-electron chi connectivity index (χ1n) is 13.4. The van der Waals surface area contributed by atoms with Crippen molar-refractivity contribution in [3.63, 3.8) is 0 Å². The Kier molecular flexibility index (Phi) is 21.5. The molecule has 4 heteroatoms. The molecule has 200 valence electrons. The molecule has 0 N–H and O–H groups in total. The van der Waals surface area contributed by atoms with Gasteiger partial charge in [-0.05, 0) is 25.0 Å². The highest BCUT2D eigenvalue weighted by Crippen LogP contribution is 2.06. The van der Waals surface area contributed by atoms with Gasteiger partial charge < -0.3 is 9.47 Å². The highest BCUT2D eigenvalue weighted by atomic mass is 16.7. The molecule has 0 aliphatic heterocycles. The van der Waals surface area contributed by atoms with Gasteiger partial charge in [-0.15, -0.1) is 0 Å². The van der Waals surface area contributed by atoms with Crippen LogP contribution in [-0.4, -0.2) is 6.79 Å². The van der Waals surface area contributed by atoms with E-state index in [9.17, 15) is 0 Å². The summed E-state index contributed by atoms with van der Waals surface area (Å²) in [6.07, 6.45) is 24.7. The molecule has 0 aromatic carbocycles. The third kappa shape index (κ3) is 16.5. The van der Waals surface area contributed by atoms with Crippen molar-refractivity contribution in [1.29, 1.82) is 0 Å². The number of hydrogen-bond donors (Lipinski definition) is 0. The van der Waals surface area contributed by atoms with Crippen molar-refractivity contribution in [2.24, 2.45) is 0 Å². The fraction of sp³-hybridized carbons (Fsp3) is 0.677. The van der Waals surface area contributed by atoms with E-state index in [0.717, 1.165) is 13.1 Å². The molecule has 35 heavy (non-hydrogen) atoms. The summed E-state index contributed by atoms with van der Waals surface area (Å²) in [5, 5.41) is 0. The Morgan fingerprint density at radius 3 is 1.40 bits per heavy atom. The SMILES string of the molecule is C.C.CCCCCCCC[n+]1cccc(COCOCc2ccc[n+](CCCCCCCC)c2)c1. The first-order valence-corrected chi connectivity index (χ1v) is 13.4. The second-order valence-corrected chi connectivity index (χ2v) is 9.25. The molecular weight excluding hydrogens is 432 g/mol. The van der Waals surface area contributed by atoms with Crippen LogP contribution in [0.2, 0.25) is 0 Å². The smallest absolute Gasteiger partial charge is 0.174 e. The third-order valence-corrected chi connectivity index (χ3v) is 6.08. The minimum absolute atomic E-state index is 0. The maximum Gasteiger partial charge on any atom is 0.174 e. The molecule has 2 rings (SSSR count). The molecule has 0 spiro atoms. The Balaban J connectivity index is 0.00000578. The molecule has 0 radical (unpaired) electrons. The molecule has 0 bridgehead atoms. The monoisotopic (exact) mass is 488 g/mol. The number of ether oxygens (including phenoxy) is 2. The maximum absolute atomic E-state index is 5.77. The molecular formula is C31H56N2O2+2. The second-order valence-electron chi connectivity index (χ2n) is 9.25. The molecule has 2 heterocycles. The predicted molar refractivity (Wildman–Crippen MR) is 148 cm³/mol. The molecule has 0 aliphatic rings. The minimum atomic E-state index is 0. The van der Waals surface area contributed by atoms with Crippen molar-refractivity contribution < 1.29 is 18.6 Å². The lowest BCUT2D eigenvalue weighted by molar-refractivity contribution is -0.698. The van der Waals surface area contributed by atoms with Crippen LogP contribution < -0.4 is 9.13 Å². The van der Waals surface area contributed by atoms with E-state index in [1.54, 1.807) is 0 Å². The number of hydrogen-bond acceptors (Lipinski definition) is 2. The highest BCUT2D eigenvalue weighted by molar-refractivity contribution is 5.04. The van der Waals surface area contributed by atoms with Crippen molar-refractivity contribution >= 4 is 0 Å². The van der Waals surface area contributed by atoms with Gasteiger partial charge in [0, 0.05) is 36.1 Å². The largest absolute Gasteiger partial charge is 0.350 e. The van der Waals surface area contributed by atoms with Crippen molar-refractivity contribution in [2.75, 3.05) is 6.79 Å². The summed E-state index contributed by atoms with van der Waals surface area (Å²) in [5.74, 6) is 0. The lowest BCUT2D eigenvalue weighted by Gasteiger charge is -2.06. The van der Waals surface area contributed by atoms with Crippen molar-refractivity contribution in [3.05, 3.63) is 60.2 Å². The molecule has 4 nitrogen and oxygen atoms in total. The predicted octanol–water partition coefficient (Wildman–Crippen LogP) is 7.95. The van der Waals surface area contributed by atoms with E-state index >= 15 is 0 Å². The van der Waals surface area contributed by atoms with Gasteiger partial charge in [-0.3, -0.25) is 0 Å². The number of unbranched alkanes of at least 4 members (excludes halogenated alkanes) is 10. The third-order valence-electron chi connectivity index (χ3n) is 6.08. The fourth-order valence-corrected chi connectivity index (χ4v) is 4.13. The highest BCUT2D eigenvalue weighted by Gasteiger charge is 2.05. The van der Waals surface area contributed by atoms with Gasteiger partial charge in [0.25, 0.3) is 0 Å². The summed E-state index contributed by atoms with van der Waals surface area (Å²) in [5.41, 5.74) is 2.40. The molecule has 0 atom stereocenters. The standard InChI is InChI=1S/C29H48N2O2.2CH4/c1-3-5-7-9-11-13-19-30-21-15-17-28(23-30)25-32-27-33-26-29-18-16-22-31(24-29)20-14-12-10-8-6-4-2;;/h15-18,21-24H,3-14,19-20,25-27H2,1-2H3;2*1H4/q+2;;. The summed E-state index contributed by atoms with van der Waals surface area (Å²) in [6.45, 7) is 8.20. The van der Waals surface area contributed by atoms with Crippen molar-refractivity contribution in [2.45, 2.75) is 132 Å². The van der Waals surface area contributed by atoms with Gasteiger partial charge in [-0.2, -0.15) is 0 Å². The van der Waals surface area contributed by atoms with Crippen LogP contribution >= 0.6 is 0 Å². The Morgan fingerprint density at radius 2 is 0.971 bits per heavy atom. The van der Waals surface area contributed by atoms with E-state index in [-0.39, 0.29) is 14.9 Å².